The lowest BCUT2D eigenvalue weighted by molar-refractivity contribution is -0.384. The molecule has 4 aromatic carbocycles. The molecule has 1 amide bonds. The van der Waals surface area contributed by atoms with Crippen molar-refractivity contribution in [1.29, 1.82) is 0 Å². The summed E-state index contributed by atoms with van der Waals surface area (Å²) in [5, 5.41) is 26.5. The predicted molar refractivity (Wildman–Crippen MR) is 297 cm³/mol. The highest BCUT2D eigenvalue weighted by Gasteiger charge is 2.50. The van der Waals surface area contributed by atoms with Gasteiger partial charge in [-0.2, -0.15) is 0 Å². The summed E-state index contributed by atoms with van der Waals surface area (Å²) in [7, 11) is -3.01. The number of pyridine rings is 1. The number of benzene rings is 4. The number of piperazine rings is 1. The summed E-state index contributed by atoms with van der Waals surface area (Å²) in [6.45, 7) is 13.4. The van der Waals surface area contributed by atoms with Crippen molar-refractivity contribution in [3.05, 3.63) is 141 Å². The maximum absolute atomic E-state index is 14.1. The van der Waals surface area contributed by atoms with Gasteiger partial charge in [-0.3, -0.25) is 29.5 Å². The third-order valence-corrected chi connectivity index (χ3v) is 18.1. The molecule has 4 N–H and O–H groups in total. The van der Waals surface area contributed by atoms with Crippen LogP contribution in [0.25, 0.3) is 11.0 Å². The lowest BCUT2D eigenvalue weighted by Gasteiger charge is -2.58. The van der Waals surface area contributed by atoms with Gasteiger partial charge in [-0.1, -0.05) is 44.2 Å². The fraction of sp³-hybridized carbons (Fsp3) is 0.441. The van der Waals surface area contributed by atoms with Gasteiger partial charge in [0.05, 0.1) is 39.9 Å². The molecule has 0 bridgehead atoms. The molecule has 4 heterocycles. The molecule has 0 radical (unpaired) electrons. The third-order valence-electron chi connectivity index (χ3n) is 16.8. The minimum Gasteiger partial charge on any atom is -0.496 e. The average Bonchev–Trinajstić information content (AvgIpc) is 3.89. The second-order valence-electron chi connectivity index (χ2n) is 22.5. The number of nitro benzene ring substituents is 1. The first-order valence-corrected chi connectivity index (χ1v) is 28.4. The van der Waals surface area contributed by atoms with Gasteiger partial charge in [0.2, 0.25) is 0 Å². The number of ether oxygens (including phenoxy) is 2. The Hall–Kier alpha value is -6.86. The number of H-pyrrole nitrogens is 1. The minimum atomic E-state index is -4.60. The summed E-state index contributed by atoms with van der Waals surface area (Å²) in [5.41, 5.74) is 5.10. The Labute approximate surface area is 450 Å². The lowest BCUT2D eigenvalue weighted by atomic mass is 9.59. The molecule has 2 aromatic heterocycles. The number of amides is 1. The molecular weight excluding hydrogens is 997 g/mol. The Morgan fingerprint density at radius 2 is 1.69 bits per heavy atom. The SMILES string of the molecule is COc1ccc(CN2CCN(C3CC4(CCN(c5ccc(C(=O)NS(=O)(=O)c6ccc(NC[C@H]7CC[C@](C)(O)CC7)c([N+](=O)[O-])c6)c(Oc6cnc7[nH]ccc7c6)c5)CC4)C3)C(c3ccccc3C(C)C)C2)cc1C(C)=O. The number of ketones is 1. The van der Waals surface area contributed by atoms with Crippen molar-refractivity contribution in [1.82, 2.24) is 24.5 Å². The van der Waals surface area contributed by atoms with E-state index in [9.17, 15) is 33.2 Å². The lowest BCUT2D eigenvalue weighted by Crippen LogP contribution is -2.60. The maximum atomic E-state index is 14.1. The third kappa shape index (κ3) is 11.7. The normalized spacial score (nSPS) is 21.2. The Morgan fingerprint density at radius 1 is 0.922 bits per heavy atom. The largest absolute Gasteiger partial charge is 0.496 e. The van der Waals surface area contributed by atoms with Crippen molar-refractivity contribution in [3.63, 3.8) is 0 Å². The molecule has 17 nitrogen and oxygen atoms in total. The average molecular weight is 1070 g/mol. The zero-order valence-corrected chi connectivity index (χ0v) is 45.4. The highest BCUT2D eigenvalue weighted by atomic mass is 32.2. The number of piperidine rings is 1. The number of aromatic nitrogens is 2. The zero-order valence-electron chi connectivity index (χ0n) is 44.6. The highest BCUT2D eigenvalue weighted by Crippen LogP contribution is 2.53. The molecule has 1 spiro atoms. The molecule has 2 aliphatic carbocycles. The van der Waals surface area contributed by atoms with Gasteiger partial charge in [0.1, 0.15) is 28.6 Å². The van der Waals surface area contributed by atoms with Crippen LogP contribution >= 0.6 is 0 Å². The van der Waals surface area contributed by atoms with Crippen LogP contribution in [0.4, 0.5) is 17.1 Å². The number of anilines is 2. The number of methoxy groups -OCH3 is 1. The molecule has 6 aromatic rings. The number of carbonyl (C=O) groups is 2. The Kier molecular flexibility index (Phi) is 15.2. The molecule has 77 heavy (non-hydrogen) atoms. The van der Waals surface area contributed by atoms with E-state index in [-0.39, 0.29) is 40.2 Å². The Balaban J connectivity index is 0.832. The van der Waals surface area contributed by atoms with Gasteiger partial charge in [0, 0.05) is 87.3 Å². The van der Waals surface area contributed by atoms with E-state index in [2.05, 4.69) is 78.9 Å². The number of Topliss-reactive ketones (excluding diaryl/α,β-unsaturated/α-hetero) is 1. The fourth-order valence-electron chi connectivity index (χ4n) is 12.3. The van der Waals surface area contributed by atoms with Gasteiger partial charge in [-0.15, -0.1) is 0 Å². The first-order chi connectivity index (χ1) is 36.9. The van der Waals surface area contributed by atoms with Crippen LogP contribution < -0.4 is 24.4 Å². The van der Waals surface area contributed by atoms with Crippen molar-refractivity contribution in [3.8, 4) is 17.2 Å². The van der Waals surface area contributed by atoms with Crippen molar-refractivity contribution >= 4 is 49.8 Å². The summed E-state index contributed by atoms with van der Waals surface area (Å²) < 4.78 is 41.8. The second-order valence-corrected chi connectivity index (χ2v) is 24.2. The molecule has 2 saturated carbocycles. The molecule has 406 valence electrons. The first kappa shape index (κ1) is 53.5. The molecule has 10 rings (SSSR count). The number of fused-ring (bicyclic) bond motifs is 1. The summed E-state index contributed by atoms with van der Waals surface area (Å²) >= 11 is 0. The van der Waals surface area contributed by atoms with E-state index in [1.165, 1.54) is 29.5 Å². The molecule has 1 atom stereocenters. The summed E-state index contributed by atoms with van der Waals surface area (Å²) in [4.78, 5) is 52.9. The topological polar surface area (TPSA) is 213 Å². The maximum Gasteiger partial charge on any atom is 0.293 e. The molecule has 18 heteroatoms. The van der Waals surface area contributed by atoms with E-state index in [0.717, 1.165) is 100 Å². The van der Waals surface area contributed by atoms with Crippen LogP contribution in [0.2, 0.25) is 0 Å². The Bertz CT molecular complexity index is 3280. The second kappa shape index (κ2) is 21.9. The zero-order chi connectivity index (χ0) is 54.2. The molecule has 4 fully saturated rings. The minimum absolute atomic E-state index is 0.0115. The van der Waals surface area contributed by atoms with Crippen molar-refractivity contribution in [2.75, 3.05) is 56.6 Å². The van der Waals surface area contributed by atoms with Crippen molar-refractivity contribution in [2.24, 2.45) is 11.3 Å². The van der Waals surface area contributed by atoms with E-state index in [1.807, 2.05) is 31.2 Å². The van der Waals surface area contributed by atoms with Crippen LogP contribution in [0.15, 0.2) is 108 Å². The predicted octanol–water partition coefficient (Wildman–Crippen LogP) is 10.4. The van der Waals surface area contributed by atoms with Gasteiger partial charge in [0.15, 0.2) is 5.78 Å². The number of nitro groups is 1. The number of nitrogens with zero attached hydrogens (tertiary/aromatic N) is 5. The summed E-state index contributed by atoms with van der Waals surface area (Å²) in [6.07, 6.45) is 10.2. The van der Waals surface area contributed by atoms with E-state index < -0.39 is 37.0 Å². The van der Waals surface area contributed by atoms with Crippen LogP contribution in [0.3, 0.4) is 0 Å². The van der Waals surface area contributed by atoms with Gasteiger partial charge in [0.25, 0.3) is 21.6 Å². The molecule has 4 aliphatic rings. The number of carbonyl (C=O) groups excluding carboxylic acids is 2. The standard InChI is InChI=1S/C59H70N8O9S/c1-38(2)47-8-6-7-9-48(47)53-37-64(36-41-10-15-54(75-5)50(28-41)39(3)68)26-27-66(53)44-32-59(33-44)21-24-65(25-22-59)43-11-13-49(55(30-43)76-45-29-42-18-23-60-56(42)62-35-45)57(69)63-77(73,74)46-12-14-51(52(31-46)67(71)72)61-34-40-16-19-58(4,70)20-17-40/h6-15,18,23,28-31,35,38,40,44,53,61,70H,16-17,19-22,24-27,32-34,36-37H2,1-5H3,(H,60,62)(H,63,69)/t40-,53?,58-. The number of rotatable bonds is 17. The molecule has 2 saturated heterocycles. The monoisotopic (exact) mass is 1070 g/mol. The number of sulfonamides is 1. The number of hydrogen-bond donors (Lipinski definition) is 4. The highest BCUT2D eigenvalue weighted by molar-refractivity contribution is 7.90. The Morgan fingerprint density at radius 3 is 2.42 bits per heavy atom. The number of nitrogens with one attached hydrogen (secondary N) is 3. The number of hydrogen-bond acceptors (Lipinski definition) is 14. The number of aliphatic hydroxyl groups is 1. The van der Waals surface area contributed by atoms with Crippen molar-refractivity contribution in [2.45, 2.75) is 114 Å². The summed E-state index contributed by atoms with van der Waals surface area (Å²) in [6, 6.07) is 27.8. The quantitative estimate of drug-likeness (QED) is 0.0380. The van der Waals surface area contributed by atoms with E-state index >= 15 is 0 Å². The van der Waals surface area contributed by atoms with Gasteiger partial charge < -0.3 is 29.8 Å². The van der Waals surface area contributed by atoms with Gasteiger partial charge >= 0.3 is 0 Å². The first-order valence-electron chi connectivity index (χ1n) is 26.9. The number of aromatic amines is 1. The van der Waals surface area contributed by atoms with E-state index in [0.29, 0.717) is 54.1 Å². The van der Waals surface area contributed by atoms with E-state index in [1.54, 1.807) is 38.4 Å². The van der Waals surface area contributed by atoms with Gasteiger partial charge in [-0.25, -0.2) is 18.1 Å². The summed E-state index contributed by atoms with van der Waals surface area (Å²) in [5.74, 6) is 0.665. The van der Waals surface area contributed by atoms with E-state index in [4.69, 9.17) is 9.47 Å². The van der Waals surface area contributed by atoms with Crippen LogP contribution in [-0.4, -0.2) is 108 Å². The van der Waals surface area contributed by atoms with Crippen LogP contribution in [-0.2, 0) is 16.6 Å². The molecular formula is C59H70N8O9S. The van der Waals surface area contributed by atoms with Crippen LogP contribution in [0.5, 0.6) is 17.2 Å². The van der Waals surface area contributed by atoms with Crippen LogP contribution in [0, 0.1) is 21.4 Å². The fourth-order valence-corrected chi connectivity index (χ4v) is 13.3. The van der Waals surface area contributed by atoms with Crippen molar-refractivity contribution < 1.29 is 37.5 Å². The molecule has 1 unspecified atom stereocenters. The van der Waals surface area contributed by atoms with Crippen LogP contribution in [0.1, 0.15) is 128 Å². The molecule has 2 aliphatic heterocycles. The smallest absolute Gasteiger partial charge is 0.293 e. The van der Waals surface area contributed by atoms with Gasteiger partial charge in [-0.05, 0) is 148 Å².